The number of allylic oxidation sites excluding steroid dienone is 3. The van der Waals surface area contributed by atoms with Crippen LogP contribution in [-0.2, 0) is 14.3 Å². The van der Waals surface area contributed by atoms with Crippen LogP contribution >= 0.6 is 0 Å². The van der Waals surface area contributed by atoms with Crippen molar-refractivity contribution in [2.24, 2.45) is 0 Å². The summed E-state index contributed by atoms with van der Waals surface area (Å²) in [5.41, 5.74) is 0. The van der Waals surface area contributed by atoms with E-state index >= 15 is 0 Å². The Kier molecular flexibility index (Phi) is 67.4. The summed E-state index contributed by atoms with van der Waals surface area (Å²) in [5, 5.41) is 23.2. The number of carbonyl (C=O) groups excluding carboxylic acids is 2. The predicted molar refractivity (Wildman–Crippen MR) is 347 cm³/mol. The quantitative estimate of drug-likeness (QED) is 0.0320. The summed E-state index contributed by atoms with van der Waals surface area (Å²) in [6.45, 7) is 4.94. The van der Waals surface area contributed by atoms with Gasteiger partial charge in [0.15, 0.2) is 0 Å². The van der Waals surface area contributed by atoms with Crippen LogP contribution in [0.25, 0.3) is 0 Å². The van der Waals surface area contributed by atoms with Crippen molar-refractivity contribution in [3.05, 3.63) is 24.3 Å². The minimum absolute atomic E-state index is 0.0210. The third-order valence-corrected chi connectivity index (χ3v) is 17.0. The average molecular weight is 1110 g/mol. The highest BCUT2D eigenvalue weighted by Crippen LogP contribution is 2.19. The fraction of sp³-hybridized carbons (Fsp3) is 0.918. The van der Waals surface area contributed by atoms with Crippen LogP contribution in [0.1, 0.15) is 406 Å². The molecule has 0 saturated heterocycles. The summed E-state index contributed by atoms with van der Waals surface area (Å²) in [5.74, 6) is -0.0419. The molecule has 6 nitrogen and oxygen atoms in total. The van der Waals surface area contributed by atoms with Crippen LogP contribution in [0.2, 0.25) is 0 Å². The van der Waals surface area contributed by atoms with Crippen LogP contribution in [0.4, 0.5) is 0 Å². The van der Waals surface area contributed by atoms with Crippen molar-refractivity contribution in [1.29, 1.82) is 0 Å². The minimum Gasteiger partial charge on any atom is -0.466 e. The number of esters is 1. The molecular weight excluding hydrogens is 971 g/mol. The first kappa shape index (κ1) is 77.3. The Hall–Kier alpha value is -1.66. The lowest BCUT2D eigenvalue weighted by atomic mass is 10.0. The molecule has 79 heavy (non-hydrogen) atoms. The topological polar surface area (TPSA) is 95.9 Å². The van der Waals surface area contributed by atoms with Crippen LogP contribution in [0.3, 0.4) is 0 Å². The molecule has 6 heteroatoms. The first-order valence-corrected chi connectivity index (χ1v) is 36.1. The number of rotatable bonds is 68. The Morgan fingerprint density at radius 3 is 0.899 bits per heavy atom. The van der Waals surface area contributed by atoms with Gasteiger partial charge in [0.05, 0.1) is 25.4 Å². The summed E-state index contributed by atoms with van der Waals surface area (Å²) < 4.78 is 5.50. The van der Waals surface area contributed by atoms with E-state index in [0.717, 1.165) is 38.5 Å². The van der Waals surface area contributed by atoms with E-state index in [2.05, 4.69) is 31.3 Å². The third-order valence-electron chi connectivity index (χ3n) is 17.0. The Morgan fingerprint density at radius 1 is 0.342 bits per heavy atom. The Morgan fingerprint density at radius 2 is 0.595 bits per heavy atom. The zero-order valence-electron chi connectivity index (χ0n) is 53.6. The van der Waals surface area contributed by atoms with Crippen molar-refractivity contribution < 1.29 is 24.5 Å². The number of aliphatic hydroxyl groups excluding tert-OH is 2. The molecule has 0 aliphatic carbocycles. The molecule has 0 bridgehead atoms. The summed E-state index contributed by atoms with van der Waals surface area (Å²) in [4.78, 5) is 24.6. The van der Waals surface area contributed by atoms with Crippen molar-refractivity contribution in [3.63, 3.8) is 0 Å². The number of aliphatic hydroxyl groups is 2. The van der Waals surface area contributed by atoms with Crippen molar-refractivity contribution >= 4 is 11.9 Å². The molecule has 0 aromatic carbocycles. The van der Waals surface area contributed by atoms with E-state index in [1.807, 2.05) is 6.08 Å². The van der Waals surface area contributed by atoms with Crippen molar-refractivity contribution in [3.8, 4) is 0 Å². The summed E-state index contributed by atoms with van der Waals surface area (Å²) in [6.07, 6.45) is 87.0. The number of unbranched alkanes of at least 4 members (excludes halogenated alkanes) is 55. The Bertz CT molecular complexity index is 1230. The molecule has 0 radical (unpaired) electrons. The molecule has 0 heterocycles. The van der Waals surface area contributed by atoms with Gasteiger partial charge in [-0.05, 0) is 57.8 Å². The summed E-state index contributed by atoms with van der Waals surface area (Å²) >= 11 is 0. The summed E-state index contributed by atoms with van der Waals surface area (Å²) in [7, 11) is 0. The fourth-order valence-corrected chi connectivity index (χ4v) is 11.5. The highest BCUT2D eigenvalue weighted by Gasteiger charge is 2.18. The molecule has 0 rings (SSSR count). The van der Waals surface area contributed by atoms with Gasteiger partial charge >= 0.3 is 5.97 Å². The van der Waals surface area contributed by atoms with Gasteiger partial charge in [0.25, 0.3) is 0 Å². The van der Waals surface area contributed by atoms with Crippen molar-refractivity contribution in [2.75, 3.05) is 13.2 Å². The second kappa shape index (κ2) is 68.8. The van der Waals surface area contributed by atoms with E-state index in [1.165, 1.54) is 340 Å². The zero-order valence-corrected chi connectivity index (χ0v) is 53.6. The number of amides is 1. The maximum atomic E-state index is 12.5. The number of ether oxygens (including phenoxy) is 1. The lowest BCUT2D eigenvalue weighted by Gasteiger charge is -2.20. The van der Waals surface area contributed by atoms with Gasteiger partial charge in [-0.2, -0.15) is 0 Å². The zero-order chi connectivity index (χ0) is 57.1. The Balaban J connectivity index is 3.36. The molecule has 0 aliphatic rings. The molecule has 0 aromatic rings. The van der Waals surface area contributed by atoms with E-state index in [0.29, 0.717) is 19.4 Å². The molecule has 0 spiro atoms. The monoisotopic (exact) mass is 1110 g/mol. The molecule has 2 atom stereocenters. The molecule has 3 N–H and O–H groups in total. The number of carbonyl (C=O) groups is 2. The lowest BCUT2D eigenvalue weighted by molar-refractivity contribution is -0.143. The lowest BCUT2D eigenvalue weighted by Crippen LogP contribution is -2.45. The SMILES string of the molecule is CCCCCCCCCCCCCCCC/C=C/C(O)C(CO)NC(=O)CCCCCCCCCCCCCCCCC/C=C\CCCCCCCCCCCCCCOC(=O)CCCCCCCCCCCCCCCCC. The Labute approximate surface area is 494 Å². The fourth-order valence-electron chi connectivity index (χ4n) is 11.5. The van der Waals surface area contributed by atoms with Gasteiger partial charge in [0, 0.05) is 12.8 Å². The second-order valence-corrected chi connectivity index (χ2v) is 24.9. The average Bonchev–Trinajstić information content (AvgIpc) is 3.45. The van der Waals surface area contributed by atoms with E-state index in [4.69, 9.17) is 4.74 Å². The maximum Gasteiger partial charge on any atom is 0.305 e. The summed E-state index contributed by atoms with van der Waals surface area (Å²) in [6, 6.07) is -0.626. The normalized spacial score (nSPS) is 12.6. The number of hydrogen-bond acceptors (Lipinski definition) is 5. The smallest absolute Gasteiger partial charge is 0.305 e. The van der Waals surface area contributed by atoms with E-state index < -0.39 is 12.1 Å². The molecule has 468 valence electrons. The highest BCUT2D eigenvalue weighted by molar-refractivity contribution is 5.76. The predicted octanol–water partition coefficient (Wildman–Crippen LogP) is 23.3. The van der Waals surface area contributed by atoms with Gasteiger partial charge in [-0.25, -0.2) is 0 Å². The molecule has 0 aliphatic heterocycles. The molecule has 2 unspecified atom stereocenters. The van der Waals surface area contributed by atoms with E-state index in [1.54, 1.807) is 6.08 Å². The first-order chi connectivity index (χ1) is 39.0. The van der Waals surface area contributed by atoms with Crippen molar-refractivity contribution in [2.45, 2.75) is 418 Å². The molecule has 0 aromatic heterocycles. The van der Waals surface area contributed by atoms with E-state index in [-0.39, 0.29) is 18.5 Å². The maximum absolute atomic E-state index is 12.5. The molecule has 0 saturated carbocycles. The second-order valence-electron chi connectivity index (χ2n) is 24.9. The van der Waals surface area contributed by atoms with Crippen molar-refractivity contribution in [1.82, 2.24) is 5.32 Å². The van der Waals surface area contributed by atoms with Crippen LogP contribution in [0.15, 0.2) is 24.3 Å². The molecule has 0 fully saturated rings. The van der Waals surface area contributed by atoms with Gasteiger partial charge in [-0.1, -0.05) is 359 Å². The number of nitrogens with one attached hydrogen (secondary N) is 1. The standard InChI is InChI=1S/C73H141NO5/c1-3-5-7-9-11-13-15-17-19-38-41-45-49-53-57-61-65-71(76)70(69-75)74-72(77)66-62-58-54-50-46-42-39-35-33-31-29-27-25-23-21-20-22-24-26-28-30-32-34-36-40-44-48-52-56-60-64-68-79-73(78)67-63-59-55-51-47-43-37-18-16-14-12-10-8-6-4-2/h22,24,61,65,70-71,75-76H,3-21,23,25-60,62-64,66-69H2,1-2H3,(H,74,77)/b24-22-,65-61+. The van der Waals surface area contributed by atoms with Gasteiger partial charge in [-0.3, -0.25) is 9.59 Å². The van der Waals surface area contributed by atoms with Crippen LogP contribution < -0.4 is 5.32 Å². The van der Waals surface area contributed by atoms with Gasteiger partial charge < -0.3 is 20.3 Å². The van der Waals surface area contributed by atoms with Crippen LogP contribution in [0.5, 0.6) is 0 Å². The first-order valence-electron chi connectivity index (χ1n) is 36.1. The molecular formula is C73H141NO5. The van der Waals surface area contributed by atoms with Crippen LogP contribution in [0, 0.1) is 0 Å². The van der Waals surface area contributed by atoms with E-state index in [9.17, 15) is 19.8 Å². The number of hydrogen-bond donors (Lipinski definition) is 3. The minimum atomic E-state index is -0.843. The largest absolute Gasteiger partial charge is 0.466 e. The van der Waals surface area contributed by atoms with Crippen LogP contribution in [-0.4, -0.2) is 47.4 Å². The van der Waals surface area contributed by atoms with Gasteiger partial charge in [-0.15, -0.1) is 0 Å². The highest BCUT2D eigenvalue weighted by atomic mass is 16.5. The molecule has 1 amide bonds. The van der Waals surface area contributed by atoms with Gasteiger partial charge in [0.1, 0.15) is 0 Å². The van der Waals surface area contributed by atoms with Gasteiger partial charge in [0.2, 0.25) is 5.91 Å². The third kappa shape index (κ3) is 65.4.